The molecule has 19 heteroatoms. The Kier molecular flexibility index (Phi) is 11.3. The van der Waals surface area contributed by atoms with Gasteiger partial charge in [-0.15, -0.1) is 0 Å². The number of fused-ring (bicyclic) bond motifs is 4. The normalized spacial score (nSPS) is 23.8. The van der Waals surface area contributed by atoms with Crippen LogP contribution in [0.5, 0.6) is 11.5 Å². The number of nitrogens with one attached hydrogen (secondary N) is 1. The molecule has 6 unspecified atom stereocenters. The number of anilines is 3. The van der Waals surface area contributed by atoms with Crippen LogP contribution in [0, 0.1) is 23.7 Å². The van der Waals surface area contributed by atoms with Crippen molar-refractivity contribution >= 4 is 87.0 Å². The highest BCUT2D eigenvalue weighted by molar-refractivity contribution is 6.33. The number of carbonyl (C=O) groups is 4. The van der Waals surface area contributed by atoms with E-state index in [-0.39, 0.29) is 29.4 Å². The number of pyridine rings is 1. The van der Waals surface area contributed by atoms with Crippen molar-refractivity contribution in [3.05, 3.63) is 141 Å². The molecule has 2 aliphatic heterocycles. The number of allylic oxidation sites excluding steroid dienone is 2. The topological polar surface area (TPSA) is 157 Å². The van der Waals surface area contributed by atoms with Crippen LogP contribution in [-0.2, 0) is 30.8 Å². The lowest BCUT2D eigenvalue weighted by atomic mass is 9.49. The van der Waals surface area contributed by atoms with E-state index in [2.05, 4.69) is 20.6 Å². The van der Waals surface area contributed by atoms with E-state index in [0.717, 1.165) is 10.6 Å². The maximum Gasteiger partial charge on any atom is 0.417 e. The van der Waals surface area contributed by atoms with Crippen molar-refractivity contribution in [2.24, 2.45) is 33.9 Å². The molecule has 6 atom stereocenters. The number of phenols is 1. The summed E-state index contributed by atoms with van der Waals surface area (Å²) in [6, 6.07) is 23.8. The number of hydrogen-bond donors (Lipinski definition) is 2. The average Bonchev–Trinajstić information content (AvgIpc) is 3.67. The van der Waals surface area contributed by atoms with Crippen molar-refractivity contribution in [2.45, 2.75) is 30.4 Å². The second kappa shape index (κ2) is 16.7. The number of hydrogen-bond acceptors (Lipinski definition) is 11. The predicted octanol–water partition coefficient (Wildman–Crippen LogP) is 10.4. The molecule has 1 saturated carbocycles. The Morgan fingerprint density at radius 3 is 2.11 bits per heavy atom. The third-order valence-electron chi connectivity index (χ3n) is 12.9. The zero-order valence-corrected chi connectivity index (χ0v) is 37.3. The Hall–Kier alpha value is -6.49. The third kappa shape index (κ3) is 7.31. The first-order chi connectivity index (χ1) is 31.4. The highest BCUT2D eigenvalue weighted by Crippen LogP contribution is 2.65. The van der Waals surface area contributed by atoms with Crippen molar-refractivity contribution in [3.63, 3.8) is 0 Å². The van der Waals surface area contributed by atoms with Crippen molar-refractivity contribution in [1.29, 1.82) is 0 Å². The van der Waals surface area contributed by atoms with Crippen LogP contribution >= 0.6 is 34.8 Å². The molecule has 4 aliphatic rings. The van der Waals surface area contributed by atoms with Crippen molar-refractivity contribution in [1.82, 2.24) is 9.99 Å². The van der Waals surface area contributed by atoms with Gasteiger partial charge in [0.25, 0.3) is 11.8 Å². The molecular formula is C47H37Cl3F3N7O6. The lowest BCUT2D eigenvalue weighted by Crippen LogP contribution is -2.53. The van der Waals surface area contributed by atoms with Crippen LogP contribution in [0.2, 0.25) is 15.1 Å². The molecule has 13 nitrogen and oxygen atoms in total. The van der Waals surface area contributed by atoms with Gasteiger partial charge in [-0.05, 0) is 109 Å². The van der Waals surface area contributed by atoms with Gasteiger partial charge in [0, 0.05) is 36.9 Å². The number of halogens is 6. The Labute approximate surface area is 390 Å². The molecule has 3 fully saturated rings. The van der Waals surface area contributed by atoms with Crippen LogP contribution in [0.15, 0.2) is 119 Å². The van der Waals surface area contributed by atoms with Gasteiger partial charge in [0.05, 0.1) is 62.9 Å². The highest BCUT2D eigenvalue weighted by atomic mass is 35.5. The number of rotatable bonds is 9. The number of aromatic hydroxyl groups is 1. The number of carbonyl (C=O) groups excluding carboxylic acids is 4. The molecule has 9 rings (SSSR count). The van der Waals surface area contributed by atoms with E-state index < -0.39 is 81.2 Å². The predicted molar refractivity (Wildman–Crippen MR) is 240 cm³/mol. The van der Waals surface area contributed by atoms with Crippen molar-refractivity contribution < 1.29 is 42.2 Å². The molecule has 66 heavy (non-hydrogen) atoms. The van der Waals surface area contributed by atoms with Gasteiger partial charge in [-0.2, -0.15) is 28.4 Å². The first kappa shape index (κ1) is 44.7. The summed E-state index contributed by atoms with van der Waals surface area (Å²) in [7, 11) is 5.18. The summed E-state index contributed by atoms with van der Waals surface area (Å²) in [6.07, 6.45) is -2.47. The Morgan fingerprint density at radius 2 is 1.50 bits per heavy atom. The summed E-state index contributed by atoms with van der Waals surface area (Å²) in [6.45, 7) is 0. The lowest BCUT2D eigenvalue weighted by Gasteiger charge is -2.50. The second-order valence-electron chi connectivity index (χ2n) is 16.6. The fraction of sp³-hybridized carbons (Fsp3) is 0.255. The summed E-state index contributed by atoms with van der Waals surface area (Å²) in [5.41, 5.74) is 3.22. The number of alkyl halides is 3. The monoisotopic (exact) mass is 957 g/mol. The van der Waals surface area contributed by atoms with Crippen LogP contribution in [0.1, 0.15) is 35.4 Å². The van der Waals surface area contributed by atoms with E-state index in [4.69, 9.17) is 39.5 Å². The Balaban J connectivity index is 1.13. The number of azo groups is 1. The largest absolute Gasteiger partial charge is 0.503 e. The number of nitrogens with zero attached hydrogens (tertiary/aromatic N) is 6. The number of aromatic nitrogens is 1. The summed E-state index contributed by atoms with van der Waals surface area (Å²) in [5.74, 6) is -8.46. The van der Waals surface area contributed by atoms with E-state index in [1.165, 1.54) is 19.2 Å². The average molecular weight is 959 g/mol. The van der Waals surface area contributed by atoms with E-state index in [1.54, 1.807) is 48.5 Å². The molecule has 0 bridgehead atoms. The Bertz CT molecular complexity index is 2880. The van der Waals surface area contributed by atoms with Gasteiger partial charge in [0.2, 0.25) is 11.8 Å². The van der Waals surface area contributed by atoms with Crippen LogP contribution < -0.4 is 20.0 Å². The van der Waals surface area contributed by atoms with E-state index in [1.807, 2.05) is 49.3 Å². The zero-order chi connectivity index (χ0) is 47.0. The molecule has 2 aliphatic carbocycles. The first-order valence-electron chi connectivity index (χ1n) is 20.5. The molecule has 4 amide bonds. The smallest absolute Gasteiger partial charge is 0.417 e. The fourth-order valence-corrected chi connectivity index (χ4v) is 10.5. The third-order valence-corrected chi connectivity index (χ3v) is 13.7. The summed E-state index contributed by atoms with van der Waals surface area (Å²) in [5, 5.41) is 19.9. The molecule has 2 N–H and O–H groups in total. The molecule has 3 heterocycles. The molecular weight excluding hydrogens is 922 g/mol. The summed E-state index contributed by atoms with van der Waals surface area (Å²) >= 11 is 19.3. The number of ether oxygens (including phenoxy) is 1. The van der Waals surface area contributed by atoms with Crippen LogP contribution in [0.25, 0.3) is 0 Å². The van der Waals surface area contributed by atoms with Crippen molar-refractivity contribution in [3.8, 4) is 11.5 Å². The first-order valence-corrected chi connectivity index (χ1v) is 21.6. The van der Waals surface area contributed by atoms with Crippen LogP contribution in [0.4, 0.5) is 41.7 Å². The van der Waals surface area contributed by atoms with Crippen molar-refractivity contribution in [2.75, 3.05) is 36.4 Å². The second-order valence-corrected chi connectivity index (χ2v) is 17.9. The maximum atomic E-state index is 15.5. The maximum absolute atomic E-state index is 15.5. The highest BCUT2D eigenvalue weighted by Gasteiger charge is 2.70. The van der Waals surface area contributed by atoms with E-state index >= 15 is 9.59 Å². The molecule has 1 aromatic heterocycles. The minimum Gasteiger partial charge on any atom is -0.503 e. The van der Waals surface area contributed by atoms with E-state index in [9.17, 15) is 27.9 Å². The van der Waals surface area contributed by atoms with Gasteiger partial charge in [-0.1, -0.05) is 58.6 Å². The Morgan fingerprint density at radius 1 is 0.848 bits per heavy atom. The van der Waals surface area contributed by atoms with Gasteiger partial charge < -0.3 is 14.7 Å². The SMILES string of the molecule is COc1cc(C2C3=CCC4C(=O)N(c5ccc(N=Nc6ccc(N(C)C)cc6)cc5)C(=O)C4C3CC3C(=O)N(Nc4ncc(C(F)(F)F)cc4Cl)C(=O)C32c2ccc(Cl)cc2)cc(Cl)c1O. The minimum absolute atomic E-state index is 0.0484. The van der Waals surface area contributed by atoms with Crippen LogP contribution in [-0.4, -0.2) is 59.9 Å². The summed E-state index contributed by atoms with van der Waals surface area (Å²) in [4.78, 5) is 66.7. The zero-order valence-electron chi connectivity index (χ0n) is 35.1. The molecule has 2 saturated heterocycles. The molecule has 338 valence electrons. The number of phenolic OH excluding ortho intramolecular Hbond substituents is 1. The molecule has 4 aromatic carbocycles. The molecule has 5 aromatic rings. The van der Waals surface area contributed by atoms with Gasteiger partial charge in [-0.25, -0.2) is 4.98 Å². The number of amides is 4. The van der Waals surface area contributed by atoms with Crippen LogP contribution in [0.3, 0.4) is 0 Å². The lowest BCUT2D eigenvalue weighted by molar-refractivity contribution is -0.139. The van der Waals surface area contributed by atoms with Gasteiger partial charge >= 0.3 is 6.18 Å². The van der Waals surface area contributed by atoms with E-state index in [0.29, 0.717) is 56.1 Å². The number of methoxy groups -OCH3 is 1. The fourth-order valence-electron chi connectivity index (χ4n) is 9.93. The van der Waals surface area contributed by atoms with Gasteiger partial charge in [0.1, 0.15) is 0 Å². The molecule has 0 radical (unpaired) electrons. The minimum atomic E-state index is -4.78. The number of benzene rings is 4. The standard InChI is InChI=1S/C47H37Cl3F3N7O6/c1-58(2)29-12-8-27(9-13-29)55-56-28-10-14-30(15-11-28)59-42(62)32-17-16-31-33(38(32)44(59)64)21-34-43(63)60(57-41-36(50)20-25(22-54-41)47(51,52)53)45(65)46(34,24-4-6-26(48)7-5-24)39(31)23-18-35(49)40(61)37(19-23)66-3/h4-16,18-20,22,32-34,38-39,61H,17,21H2,1-3H3,(H,54,57). The molecule has 0 spiro atoms. The van der Waals surface area contributed by atoms with Gasteiger partial charge in [-0.3, -0.25) is 29.5 Å². The number of hydrazine groups is 1. The number of imide groups is 2. The quantitative estimate of drug-likeness (QED) is 0.0834. The van der Waals surface area contributed by atoms with Gasteiger partial charge in [0.15, 0.2) is 17.3 Å². The summed E-state index contributed by atoms with van der Waals surface area (Å²) < 4.78 is 46.3.